The Labute approximate surface area is 83.6 Å². The van der Waals surface area contributed by atoms with Gasteiger partial charge in [-0.05, 0) is 12.3 Å². The van der Waals surface area contributed by atoms with Crippen LogP contribution in [-0.2, 0) is 0 Å². The number of hydrogen-bond acceptors (Lipinski definition) is 6. The number of nitrogens with one attached hydrogen (secondary N) is 1. The van der Waals surface area contributed by atoms with Crippen LogP contribution >= 0.6 is 0 Å². The molecular weight excluding hydrogens is 184 g/mol. The summed E-state index contributed by atoms with van der Waals surface area (Å²) in [5, 5.41) is 27.7. The van der Waals surface area contributed by atoms with Crippen LogP contribution in [0.2, 0.25) is 0 Å². The number of hydrazine groups is 1. The molecule has 0 aromatic rings. The topological polar surface area (TPSA) is 80.5 Å². The highest BCUT2D eigenvalue weighted by atomic mass is 16.5. The van der Waals surface area contributed by atoms with Gasteiger partial charge in [0.05, 0.1) is 0 Å². The Hall–Kier alpha value is -0.720. The van der Waals surface area contributed by atoms with Crippen molar-refractivity contribution >= 4 is 0 Å². The Balaban J connectivity index is 2.51. The van der Waals surface area contributed by atoms with E-state index in [9.17, 15) is 10.2 Å². The summed E-state index contributed by atoms with van der Waals surface area (Å²) in [7, 11) is 1.83. The summed E-state index contributed by atoms with van der Waals surface area (Å²) in [5.74, 6) is 0.0282. The Bertz CT molecular complexity index is 200. The predicted octanol–water partition coefficient (Wildman–Crippen LogP) is 0.103. The van der Waals surface area contributed by atoms with E-state index >= 15 is 0 Å². The van der Waals surface area contributed by atoms with Crippen molar-refractivity contribution < 1.29 is 10.2 Å². The Kier molecular flexibility index (Phi) is 3.79. The molecule has 1 aliphatic heterocycles. The molecule has 0 saturated carbocycles. The molecule has 0 bridgehead atoms. The molecule has 2 unspecified atom stereocenters. The standard InChI is InChI=1S/C8H18N4O2/c1-5(2)6(8(13)14)4-7-9-10-11-12(7)3/h5-8,13-14H,4H2,1-3H3,(H,9,11). The molecule has 3 N–H and O–H groups in total. The van der Waals surface area contributed by atoms with Crippen molar-refractivity contribution in [3.8, 4) is 0 Å². The van der Waals surface area contributed by atoms with E-state index < -0.39 is 6.29 Å². The van der Waals surface area contributed by atoms with Crippen LogP contribution in [0.15, 0.2) is 10.3 Å². The van der Waals surface area contributed by atoms with Crippen molar-refractivity contribution in [3.63, 3.8) is 0 Å². The molecule has 0 radical (unpaired) electrons. The second-order valence-electron chi connectivity index (χ2n) is 3.96. The molecule has 0 amide bonds. The van der Waals surface area contributed by atoms with Crippen molar-refractivity contribution in [3.05, 3.63) is 0 Å². The van der Waals surface area contributed by atoms with Crippen LogP contribution in [0, 0.1) is 11.8 Å². The molecule has 0 aromatic carbocycles. The van der Waals surface area contributed by atoms with Crippen molar-refractivity contribution in [1.29, 1.82) is 0 Å². The lowest BCUT2D eigenvalue weighted by molar-refractivity contribution is -0.104. The van der Waals surface area contributed by atoms with Gasteiger partial charge in [-0.2, -0.15) is 5.01 Å². The number of rotatable bonds is 4. The van der Waals surface area contributed by atoms with Crippen LogP contribution in [0.4, 0.5) is 0 Å². The van der Waals surface area contributed by atoms with Gasteiger partial charge >= 0.3 is 0 Å². The molecule has 0 spiro atoms. The fourth-order valence-electron chi connectivity index (χ4n) is 1.49. The average Bonchev–Trinajstić information content (AvgIpc) is 2.46. The van der Waals surface area contributed by atoms with Gasteiger partial charge in [-0.15, -0.1) is 5.11 Å². The lowest BCUT2D eigenvalue weighted by atomic mass is 9.91. The van der Waals surface area contributed by atoms with Gasteiger partial charge in [-0.25, -0.2) is 5.53 Å². The lowest BCUT2D eigenvalue weighted by Gasteiger charge is -2.26. The fraction of sp³-hybridized carbons (Fsp3) is 1.00. The minimum absolute atomic E-state index is 0.107. The van der Waals surface area contributed by atoms with E-state index in [1.54, 1.807) is 5.01 Å². The average molecular weight is 202 g/mol. The van der Waals surface area contributed by atoms with E-state index in [0.29, 0.717) is 6.42 Å². The summed E-state index contributed by atoms with van der Waals surface area (Å²) in [4.78, 5) is 0. The van der Waals surface area contributed by atoms with E-state index in [2.05, 4.69) is 15.9 Å². The van der Waals surface area contributed by atoms with Crippen LogP contribution in [0.1, 0.15) is 20.3 Å². The van der Waals surface area contributed by atoms with Crippen LogP contribution < -0.4 is 5.53 Å². The first-order valence-electron chi connectivity index (χ1n) is 4.77. The van der Waals surface area contributed by atoms with Crippen LogP contribution in [0.5, 0.6) is 0 Å². The first-order valence-corrected chi connectivity index (χ1v) is 4.77. The Morgan fingerprint density at radius 3 is 2.43 bits per heavy atom. The van der Waals surface area contributed by atoms with E-state index in [1.165, 1.54) is 0 Å². The van der Waals surface area contributed by atoms with Gasteiger partial charge in [-0.3, -0.25) is 0 Å². The largest absolute Gasteiger partial charge is 0.368 e. The smallest absolute Gasteiger partial charge is 0.154 e. The van der Waals surface area contributed by atoms with Crippen molar-refractivity contribution in [1.82, 2.24) is 10.5 Å². The van der Waals surface area contributed by atoms with Crippen LogP contribution in [0.25, 0.3) is 0 Å². The van der Waals surface area contributed by atoms with Crippen molar-refractivity contribution in [2.24, 2.45) is 22.2 Å². The maximum atomic E-state index is 9.17. The molecule has 2 atom stereocenters. The van der Waals surface area contributed by atoms with Gasteiger partial charge in [0.15, 0.2) is 6.29 Å². The molecule has 14 heavy (non-hydrogen) atoms. The zero-order valence-corrected chi connectivity index (χ0v) is 8.75. The molecule has 0 saturated heterocycles. The zero-order valence-electron chi connectivity index (χ0n) is 8.75. The van der Waals surface area contributed by atoms with Gasteiger partial charge in [0.2, 0.25) is 0 Å². The highest BCUT2D eigenvalue weighted by molar-refractivity contribution is 4.73. The van der Waals surface area contributed by atoms with Crippen LogP contribution in [-0.4, -0.2) is 34.7 Å². The second kappa shape index (κ2) is 4.68. The minimum atomic E-state index is -1.29. The summed E-state index contributed by atoms with van der Waals surface area (Å²) in [6.45, 7) is 3.92. The number of nitrogens with zero attached hydrogens (tertiary/aromatic N) is 3. The third-order valence-electron chi connectivity index (χ3n) is 2.56. The van der Waals surface area contributed by atoms with Crippen LogP contribution in [0.3, 0.4) is 0 Å². The fourth-order valence-corrected chi connectivity index (χ4v) is 1.49. The van der Waals surface area contributed by atoms with E-state index in [1.807, 2.05) is 20.9 Å². The van der Waals surface area contributed by atoms with E-state index in [0.717, 1.165) is 0 Å². The number of aliphatic hydroxyl groups excluding tert-OH is 1. The highest BCUT2D eigenvalue weighted by Gasteiger charge is 2.28. The quantitative estimate of drug-likeness (QED) is 0.565. The molecule has 82 valence electrons. The molecule has 0 aromatic heterocycles. The Morgan fingerprint density at radius 1 is 1.43 bits per heavy atom. The van der Waals surface area contributed by atoms with Crippen molar-refractivity contribution in [2.45, 2.75) is 32.7 Å². The van der Waals surface area contributed by atoms with Gasteiger partial charge in [0.25, 0.3) is 0 Å². The van der Waals surface area contributed by atoms with Gasteiger partial charge in [0.1, 0.15) is 6.17 Å². The molecule has 0 aliphatic carbocycles. The summed E-state index contributed by atoms with van der Waals surface area (Å²) in [6.07, 6.45) is -0.814. The third kappa shape index (κ3) is 2.63. The molecule has 1 aliphatic rings. The SMILES string of the molecule is CC(C)C(CC1N=NNN1C)C(O)O. The van der Waals surface area contributed by atoms with Gasteiger partial charge < -0.3 is 10.2 Å². The second-order valence-corrected chi connectivity index (χ2v) is 3.96. The first kappa shape index (κ1) is 11.4. The molecular formula is C8H18N4O2. The third-order valence-corrected chi connectivity index (χ3v) is 2.56. The Morgan fingerprint density at radius 2 is 2.07 bits per heavy atom. The lowest BCUT2D eigenvalue weighted by Crippen LogP contribution is -2.37. The molecule has 6 nitrogen and oxygen atoms in total. The summed E-state index contributed by atoms with van der Waals surface area (Å²) in [6, 6.07) is 0. The van der Waals surface area contributed by atoms with Gasteiger partial charge in [0, 0.05) is 13.0 Å². The summed E-state index contributed by atoms with van der Waals surface area (Å²) < 4.78 is 0. The highest BCUT2D eigenvalue weighted by Crippen LogP contribution is 2.23. The first-order chi connectivity index (χ1) is 6.52. The minimum Gasteiger partial charge on any atom is -0.368 e. The predicted molar refractivity (Wildman–Crippen MR) is 50.7 cm³/mol. The summed E-state index contributed by atoms with van der Waals surface area (Å²) in [5.41, 5.74) is 2.68. The summed E-state index contributed by atoms with van der Waals surface area (Å²) >= 11 is 0. The maximum Gasteiger partial charge on any atom is 0.154 e. The van der Waals surface area contributed by atoms with Gasteiger partial charge in [-0.1, -0.05) is 19.1 Å². The van der Waals surface area contributed by atoms with Crippen molar-refractivity contribution in [2.75, 3.05) is 7.05 Å². The zero-order chi connectivity index (χ0) is 10.7. The maximum absolute atomic E-state index is 9.17. The molecule has 6 heteroatoms. The van der Waals surface area contributed by atoms with E-state index in [-0.39, 0.29) is 18.0 Å². The number of aliphatic hydroxyl groups is 2. The molecule has 0 fully saturated rings. The normalized spacial score (nSPS) is 24.6. The molecule has 1 heterocycles. The van der Waals surface area contributed by atoms with E-state index in [4.69, 9.17) is 0 Å². The monoisotopic (exact) mass is 202 g/mol. The molecule has 1 rings (SSSR count). The number of hydrogen-bond donors (Lipinski definition) is 3.